The molecule has 0 unspecified atom stereocenters. The second kappa shape index (κ2) is 4.80. The van der Waals surface area contributed by atoms with Gasteiger partial charge in [0.15, 0.2) is 0 Å². The molecule has 1 aromatic heterocycles. The van der Waals surface area contributed by atoms with Crippen molar-refractivity contribution in [1.29, 1.82) is 0 Å². The number of aliphatic hydroxyl groups excluding tert-OH is 1. The minimum Gasteiger partial charge on any atom is -0.397 e. The average molecular weight is 231 g/mol. The van der Waals surface area contributed by atoms with Crippen molar-refractivity contribution in [1.82, 2.24) is 10.3 Å². The minimum absolute atomic E-state index is 0.0958. The largest absolute Gasteiger partial charge is 0.397 e. The lowest BCUT2D eigenvalue weighted by atomic mass is 10.1. The van der Waals surface area contributed by atoms with Gasteiger partial charge in [0.05, 0.1) is 17.8 Å². The number of nitrogens with one attached hydrogen (secondary N) is 1. The number of aliphatic hydroxyl groups is 1. The van der Waals surface area contributed by atoms with Crippen molar-refractivity contribution in [3.05, 3.63) is 36.0 Å². The molecular formula is C12H13N3O2. The first kappa shape index (κ1) is 11.3. The Morgan fingerprint density at radius 2 is 2.18 bits per heavy atom. The lowest BCUT2D eigenvalue weighted by Crippen LogP contribution is -2.27. The van der Waals surface area contributed by atoms with Crippen LogP contribution in [0, 0.1) is 0 Å². The van der Waals surface area contributed by atoms with Gasteiger partial charge in [-0.3, -0.25) is 4.79 Å². The van der Waals surface area contributed by atoms with E-state index < -0.39 is 0 Å². The molecular weight excluding hydrogens is 218 g/mol. The van der Waals surface area contributed by atoms with Gasteiger partial charge in [0.25, 0.3) is 5.91 Å². The van der Waals surface area contributed by atoms with E-state index in [-0.39, 0.29) is 19.1 Å². The quantitative estimate of drug-likeness (QED) is 0.673. The van der Waals surface area contributed by atoms with Crippen molar-refractivity contribution in [2.75, 3.05) is 18.9 Å². The topological polar surface area (TPSA) is 88.2 Å². The molecule has 0 fully saturated rings. The second-order valence-corrected chi connectivity index (χ2v) is 3.59. The van der Waals surface area contributed by atoms with Gasteiger partial charge in [-0.15, -0.1) is 0 Å². The number of nitrogens with two attached hydrogens (primary N) is 1. The van der Waals surface area contributed by atoms with Crippen LogP contribution in [0.15, 0.2) is 30.3 Å². The molecule has 2 aromatic rings. The van der Waals surface area contributed by atoms with Crippen LogP contribution in [0.1, 0.15) is 10.5 Å². The van der Waals surface area contributed by atoms with Gasteiger partial charge in [-0.2, -0.15) is 0 Å². The zero-order chi connectivity index (χ0) is 12.3. The third kappa shape index (κ3) is 2.34. The number of anilines is 1. The zero-order valence-electron chi connectivity index (χ0n) is 9.18. The predicted octanol–water partition coefficient (Wildman–Crippen LogP) is 0.539. The fraction of sp³-hybridized carbons (Fsp3) is 0.167. The number of nitrogens with zero attached hydrogens (tertiary/aromatic N) is 1. The molecule has 88 valence electrons. The lowest BCUT2D eigenvalue weighted by Gasteiger charge is -2.05. The van der Waals surface area contributed by atoms with Gasteiger partial charge in [0.1, 0.15) is 5.69 Å². The number of rotatable bonds is 3. The number of hydrogen-bond donors (Lipinski definition) is 3. The Kier molecular flexibility index (Phi) is 3.20. The fourth-order valence-corrected chi connectivity index (χ4v) is 1.56. The van der Waals surface area contributed by atoms with E-state index in [0.717, 1.165) is 5.39 Å². The summed E-state index contributed by atoms with van der Waals surface area (Å²) in [6.07, 6.45) is 0. The molecule has 17 heavy (non-hydrogen) atoms. The van der Waals surface area contributed by atoms with Crippen LogP contribution in [0.3, 0.4) is 0 Å². The normalized spacial score (nSPS) is 10.4. The van der Waals surface area contributed by atoms with E-state index in [1.807, 2.05) is 12.1 Å². The highest BCUT2D eigenvalue weighted by molar-refractivity contribution is 5.97. The number of carbonyl (C=O) groups is 1. The van der Waals surface area contributed by atoms with Gasteiger partial charge < -0.3 is 16.2 Å². The van der Waals surface area contributed by atoms with Gasteiger partial charge >= 0.3 is 0 Å². The van der Waals surface area contributed by atoms with Crippen molar-refractivity contribution in [2.45, 2.75) is 0 Å². The molecule has 0 aliphatic rings. The first-order valence-corrected chi connectivity index (χ1v) is 5.26. The SMILES string of the molecule is Nc1cccc2ccc(C(=O)NCCO)nc12. The van der Waals surface area contributed by atoms with E-state index in [4.69, 9.17) is 10.8 Å². The van der Waals surface area contributed by atoms with Crippen LogP contribution < -0.4 is 11.1 Å². The van der Waals surface area contributed by atoms with E-state index in [0.29, 0.717) is 16.9 Å². The summed E-state index contributed by atoms with van der Waals surface area (Å²) < 4.78 is 0. The average Bonchev–Trinajstić information content (AvgIpc) is 2.36. The number of carbonyl (C=O) groups excluding carboxylic acids is 1. The fourth-order valence-electron chi connectivity index (χ4n) is 1.56. The van der Waals surface area contributed by atoms with Crippen molar-refractivity contribution < 1.29 is 9.90 Å². The third-order valence-corrected chi connectivity index (χ3v) is 2.38. The molecule has 1 aromatic carbocycles. The Labute approximate surface area is 98.3 Å². The molecule has 2 rings (SSSR count). The minimum atomic E-state index is -0.316. The number of benzene rings is 1. The van der Waals surface area contributed by atoms with Crippen LogP contribution in [0.25, 0.3) is 10.9 Å². The highest BCUT2D eigenvalue weighted by atomic mass is 16.3. The number of pyridine rings is 1. The summed E-state index contributed by atoms with van der Waals surface area (Å²) in [4.78, 5) is 15.8. The third-order valence-electron chi connectivity index (χ3n) is 2.38. The molecule has 0 spiro atoms. The maximum Gasteiger partial charge on any atom is 0.269 e. The molecule has 1 heterocycles. The summed E-state index contributed by atoms with van der Waals surface area (Å²) in [5, 5.41) is 12.1. The summed E-state index contributed by atoms with van der Waals surface area (Å²) in [5.74, 6) is -0.316. The molecule has 5 heteroatoms. The van der Waals surface area contributed by atoms with Crippen LogP contribution in [0.5, 0.6) is 0 Å². The molecule has 0 saturated heterocycles. The number of nitrogen functional groups attached to an aromatic ring is 1. The van der Waals surface area contributed by atoms with E-state index >= 15 is 0 Å². The monoisotopic (exact) mass is 231 g/mol. The van der Waals surface area contributed by atoms with E-state index in [1.165, 1.54) is 0 Å². The van der Waals surface area contributed by atoms with Crippen LogP contribution in [0.4, 0.5) is 5.69 Å². The van der Waals surface area contributed by atoms with E-state index in [2.05, 4.69) is 10.3 Å². The van der Waals surface area contributed by atoms with Gasteiger partial charge in [-0.1, -0.05) is 18.2 Å². The summed E-state index contributed by atoms with van der Waals surface area (Å²) in [5.41, 5.74) is 7.24. The highest BCUT2D eigenvalue weighted by Crippen LogP contribution is 2.18. The Morgan fingerprint density at radius 3 is 2.94 bits per heavy atom. The Morgan fingerprint density at radius 1 is 1.35 bits per heavy atom. The lowest BCUT2D eigenvalue weighted by molar-refractivity contribution is 0.0940. The van der Waals surface area contributed by atoms with Crippen LogP contribution in [0.2, 0.25) is 0 Å². The first-order chi connectivity index (χ1) is 8.22. The molecule has 0 radical (unpaired) electrons. The molecule has 0 saturated carbocycles. The van der Waals surface area contributed by atoms with Gasteiger partial charge in [-0.05, 0) is 12.1 Å². The molecule has 4 N–H and O–H groups in total. The molecule has 0 aliphatic carbocycles. The maximum atomic E-state index is 11.6. The van der Waals surface area contributed by atoms with E-state index in [1.54, 1.807) is 18.2 Å². The molecule has 5 nitrogen and oxygen atoms in total. The highest BCUT2D eigenvalue weighted by Gasteiger charge is 2.08. The summed E-state index contributed by atoms with van der Waals surface area (Å²) in [6, 6.07) is 8.89. The number of amides is 1. The Hall–Kier alpha value is -2.14. The molecule has 1 amide bonds. The van der Waals surface area contributed by atoms with Gasteiger partial charge in [0, 0.05) is 11.9 Å². The van der Waals surface area contributed by atoms with E-state index in [9.17, 15) is 4.79 Å². The first-order valence-electron chi connectivity index (χ1n) is 5.26. The summed E-state index contributed by atoms with van der Waals surface area (Å²) in [6.45, 7) is 0.115. The number of para-hydroxylation sites is 1. The van der Waals surface area contributed by atoms with Crippen molar-refractivity contribution in [3.63, 3.8) is 0 Å². The van der Waals surface area contributed by atoms with Crippen LogP contribution in [-0.4, -0.2) is 29.1 Å². The van der Waals surface area contributed by atoms with Crippen LogP contribution >= 0.6 is 0 Å². The smallest absolute Gasteiger partial charge is 0.269 e. The summed E-state index contributed by atoms with van der Waals surface area (Å²) in [7, 11) is 0. The number of fused-ring (bicyclic) bond motifs is 1. The maximum absolute atomic E-state index is 11.6. The van der Waals surface area contributed by atoms with Gasteiger partial charge in [-0.25, -0.2) is 4.98 Å². The number of hydrogen-bond acceptors (Lipinski definition) is 4. The summed E-state index contributed by atoms with van der Waals surface area (Å²) >= 11 is 0. The standard InChI is InChI=1S/C12H13N3O2/c13-9-3-1-2-8-4-5-10(15-11(8)9)12(17)14-6-7-16/h1-5,16H,6-7,13H2,(H,14,17). The van der Waals surface area contributed by atoms with Crippen LogP contribution in [-0.2, 0) is 0 Å². The molecule has 0 bridgehead atoms. The number of aromatic nitrogens is 1. The van der Waals surface area contributed by atoms with Crippen molar-refractivity contribution in [2.24, 2.45) is 0 Å². The second-order valence-electron chi connectivity index (χ2n) is 3.59. The Bertz CT molecular complexity index is 554. The molecule has 0 atom stereocenters. The zero-order valence-corrected chi connectivity index (χ0v) is 9.18. The molecule has 0 aliphatic heterocycles. The van der Waals surface area contributed by atoms with Crippen molar-refractivity contribution >= 4 is 22.5 Å². The van der Waals surface area contributed by atoms with Crippen molar-refractivity contribution in [3.8, 4) is 0 Å². The predicted molar refractivity (Wildman–Crippen MR) is 65.6 cm³/mol. The van der Waals surface area contributed by atoms with Gasteiger partial charge in [0.2, 0.25) is 0 Å². The Balaban J connectivity index is 2.37.